The van der Waals surface area contributed by atoms with E-state index >= 15 is 0 Å². The molecule has 0 unspecified atom stereocenters. The lowest BCUT2D eigenvalue weighted by Gasteiger charge is -2.21. The summed E-state index contributed by atoms with van der Waals surface area (Å²) in [4.78, 5) is 29.3. The van der Waals surface area contributed by atoms with Crippen LogP contribution < -0.4 is 16.4 Å². The molecule has 0 bridgehead atoms. The zero-order valence-electron chi connectivity index (χ0n) is 17.4. The maximum Gasteiger partial charge on any atom is 0.248 e. The maximum absolute atomic E-state index is 11.9. The molecule has 2 aromatic heterocycles. The molecule has 1 amide bonds. The Labute approximate surface area is 180 Å². The van der Waals surface area contributed by atoms with E-state index in [1.165, 1.54) is 0 Å². The summed E-state index contributed by atoms with van der Waals surface area (Å²) in [5, 5.41) is 6.23. The predicted molar refractivity (Wildman–Crippen MR) is 120 cm³/mol. The average Bonchev–Trinajstić information content (AvgIpc) is 2.80. The molecular formula is C23H23N7O. The molecule has 4 rings (SSSR count). The Balaban J connectivity index is 1.59. The largest absolute Gasteiger partial charge is 0.368 e. The van der Waals surface area contributed by atoms with Gasteiger partial charge in [0.25, 0.3) is 0 Å². The molecule has 4 N–H and O–H groups in total. The number of nitrogens with two attached hydrogens (primary N) is 1. The molecule has 3 aromatic rings. The summed E-state index contributed by atoms with van der Waals surface area (Å²) in [6.07, 6.45) is 6.07. The van der Waals surface area contributed by atoms with Gasteiger partial charge in [0, 0.05) is 47.8 Å². The van der Waals surface area contributed by atoms with E-state index in [0.717, 1.165) is 40.3 Å². The number of nitrogen functional groups attached to an aromatic ring is 1. The van der Waals surface area contributed by atoms with Crippen LogP contribution >= 0.6 is 0 Å². The molecule has 1 aromatic carbocycles. The smallest absolute Gasteiger partial charge is 0.248 e. The Morgan fingerprint density at radius 3 is 2.55 bits per heavy atom. The molecule has 156 valence electrons. The van der Waals surface area contributed by atoms with Crippen LogP contribution in [0.1, 0.15) is 26.0 Å². The standard InChI is InChI=1S/C23H23N7O/c1-3-17(28-18-8-12-26-22(31)14(18)2)20-10-11-25-21(29-20)16-6-4-15(5-7-16)19-9-13-27-23(24)30-19/h3-7,9-11,13,28H,8,12H2,1-2H3,(H,26,31)(H2,24,27,30)/b17-3-. The Morgan fingerprint density at radius 2 is 1.81 bits per heavy atom. The van der Waals surface area contributed by atoms with Gasteiger partial charge in [0.15, 0.2) is 5.82 Å². The summed E-state index contributed by atoms with van der Waals surface area (Å²) in [7, 11) is 0. The van der Waals surface area contributed by atoms with Crippen LogP contribution in [0.5, 0.6) is 0 Å². The van der Waals surface area contributed by atoms with E-state index < -0.39 is 0 Å². The third-order valence-corrected chi connectivity index (χ3v) is 5.07. The van der Waals surface area contributed by atoms with Gasteiger partial charge < -0.3 is 16.4 Å². The predicted octanol–water partition coefficient (Wildman–Crippen LogP) is 2.93. The van der Waals surface area contributed by atoms with Crippen molar-refractivity contribution in [1.29, 1.82) is 0 Å². The number of carbonyl (C=O) groups is 1. The normalized spacial score (nSPS) is 14.4. The number of hydrogen-bond acceptors (Lipinski definition) is 7. The van der Waals surface area contributed by atoms with Gasteiger partial charge in [-0.25, -0.2) is 19.9 Å². The number of carbonyl (C=O) groups excluding carboxylic acids is 1. The van der Waals surface area contributed by atoms with Crippen LogP contribution in [0.25, 0.3) is 28.3 Å². The number of nitrogens with one attached hydrogen (secondary N) is 2. The van der Waals surface area contributed by atoms with Crippen molar-refractivity contribution in [1.82, 2.24) is 30.6 Å². The lowest BCUT2D eigenvalue weighted by atomic mass is 10.1. The van der Waals surface area contributed by atoms with Crippen LogP contribution in [0.15, 0.2) is 66.1 Å². The molecule has 8 heteroatoms. The number of nitrogens with zero attached hydrogens (tertiary/aromatic N) is 4. The summed E-state index contributed by atoms with van der Waals surface area (Å²) in [6, 6.07) is 11.5. The van der Waals surface area contributed by atoms with E-state index in [4.69, 9.17) is 10.7 Å². The number of aromatic nitrogens is 4. The van der Waals surface area contributed by atoms with Gasteiger partial charge in [0.05, 0.1) is 17.1 Å². The molecule has 8 nitrogen and oxygen atoms in total. The molecule has 0 saturated heterocycles. The molecule has 1 aliphatic rings. The van der Waals surface area contributed by atoms with Crippen LogP contribution in [-0.2, 0) is 4.79 Å². The number of allylic oxidation sites excluding steroid dienone is 1. The monoisotopic (exact) mass is 413 g/mol. The molecule has 1 aliphatic heterocycles. The number of hydrogen-bond donors (Lipinski definition) is 3. The molecule has 0 saturated carbocycles. The number of amides is 1. The van der Waals surface area contributed by atoms with Gasteiger partial charge >= 0.3 is 0 Å². The van der Waals surface area contributed by atoms with E-state index in [2.05, 4.69) is 25.6 Å². The second kappa shape index (κ2) is 8.74. The SMILES string of the molecule is C/C=C(\NC1=C(C)C(=O)NCC1)c1ccnc(-c2ccc(-c3ccnc(N)n3)cc2)n1. The van der Waals surface area contributed by atoms with Crippen LogP contribution in [0.3, 0.4) is 0 Å². The van der Waals surface area contributed by atoms with Crippen molar-refractivity contribution in [2.45, 2.75) is 20.3 Å². The minimum Gasteiger partial charge on any atom is -0.368 e. The van der Waals surface area contributed by atoms with Crippen LogP contribution in [-0.4, -0.2) is 32.4 Å². The lowest BCUT2D eigenvalue weighted by molar-refractivity contribution is -0.117. The first-order valence-corrected chi connectivity index (χ1v) is 9.99. The van der Waals surface area contributed by atoms with Crippen molar-refractivity contribution in [3.05, 3.63) is 71.8 Å². The summed E-state index contributed by atoms with van der Waals surface area (Å²) in [5.41, 5.74) is 11.4. The van der Waals surface area contributed by atoms with Gasteiger partial charge in [-0.15, -0.1) is 0 Å². The topological polar surface area (TPSA) is 119 Å². The molecule has 0 fully saturated rings. The zero-order valence-corrected chi connectivity index (χ0v) is 17.4. The summed E-state index contributed by atoms with van der Waals surface area (Å²) >= 11 is 0. The van der Waals surface area contributed by atoms with E-state index in [-0.39, 0.29) is 11.9 Å². The quantitative estimate of drug-likeness (QED) is 0.588. The Kier molecular flexibility index (Phi) is 5.70. The fraction of sp³-hybridized carbons (Fsp3) is 0.174. The van der Waals surface area contributed by atoms with Crippen molar-refractivity contribution in [2.24, 2.45) is 0 Å². The number of benzene rings is 1. The first-order chi connectivity index (χ1) is 15.0. The summed E-state index contributed by atoms with van der Waals surface area (Å²) in [5.74, 6) is 0.808. The molecule has 0 radical (unpaired) electrons. The third kappa shape index (κ3) is 4.42. The van der Waals surface area contributed by atoms with E-state index in [9.17, 15) is 4.79 Å². The van der Waals surface area contributed by atoms with Crippen molar-refractivity contribution in [3.63, 3.8) is 0 Å². The molecule has 3 heterocycles. The molecule has 31 heavy (non-hydrogen) atoms. The maximum atomic E-state index is 11.9. The van der Waals surface area contributed by atoms with Crippen molar-refractivity contribution < 1.29 is 4.79 Å². The highest BCUT2D eigenvalue weighted by molar-refractivity contribution is 5.94. The summed E-state index contributed by atoms with van der Waals surface area (Å²) < 4.78 is 0. The van der Waals surface area contributed by atoms with E-state index in [1.807, 2.05) is 56.3 Å². The zero-order chi connectivity index (χ0) is 21.8. The van der Waals surface area contributed by atoms with E-state index in [1.54, 1.807) is 12.4 Å². The van der Waals surface area contributed by atoms with Crippen molar-refractivity contribution >= 4 is 17.6 Å². The first kappa shape index (κ1) is 20.2. The Hall–Kier alpha value is -4.07. The fourth-order valence-corrected chi connectivity index (χ4v) is 3.33. The first-order valence-electron chi connectivity index (χ1n) is 9.99. The van der Waals surface area contributed by atoms with Gasteiger partial charge in [-0.05, 0) is 26.0 Å². The average molecular weight is 413 g/mol. The third-order valence-electron chi connectivity index (χ3n) is 5.07. The molecule has 0 spiro atoms. The van der Waals surface area contributed by atoms with Gasteiger partial charge in [-0.1, -0.05) is 30.3 Å². The second-order valence-corrected chi connectivity index (χ2v) is 7.08. The molecule has 0 aliphatic carbocycles. The minimum atomic E-state index is -0.0434. The van der Waals surface area contributed by atoms with Crippen LogP contribution in [0.4, 0.5) is 5.95 Å². The molecular weight excluding hydrogens is 390 g/mol. The second-order valence-electron chi connectivity index (χ2n) is 7.08. The van der Waals surface area contributed by atoms with Crippen LogP contribution in [0.2, 0.25) is 0 Å². The van der Waals surface area contributed by atoms with E-state index in [0.29, 0.717) is 17.9 Å². The van der Waals surface area contributed by atoms with Gasteiger partial charge in [-0.2, -0.15) is 0 Å². The Morgan fingerprint density at radius 1 is 1.06 bits per heavy atom. The fourth-order valence-electron chi connectivity index (χ4n) is 3.33. The van der Waals surface area contributed by atoms with Gasteiger partial charge in [-0.3, -0.25) is 4.79 Å². The minimum absolute atomic E-state index is 0.0434. The highest BCUT2D eigenvalue weighted by Gasteiger charge is 2.17. The van der Waals surface area contributed by atoms with Crippen LogP contribution in [0, 0.1) is 0 Å². The van der Waals surface area contributed by atoms with Crippen molar-refractivity contribution in [2.75, 3.05) is 12.3 Å². The highest BCUT2D eigenvalue weighted by Crippen LogP contribution is 2.23. The highest BCUT2D eigenvalue weighted by atomic mass is 16.1. The van der Waals surface area contributed by atoms with Gasteiger partial charge in [0.2, 0.25) is 11.9 Å². The van der Waals surface area contributed by atoms with Gasteiger partial charge in [0.1, 0.15) is 0 Å². The number of rotatable bonds is 5. The van der Waals surface area contributed by atoms with Crippen molar-refractivity contribution in [3.8, 4) is 22.6 Å². The molecule has 0 atom stereocenters. The Bertz CT molecular complexity index is 1180. The summed E-state index contributed by atoms with van der Waals surface area (Å²) in [6.45, 7) is 4.38. The number of anilines is 1. The lowest BCUT2D eigenvalue weighted by Crippen LogP contribution is -2.34.